The second-order valence-electron chi connectivity index (χ2n) is 17.6. The van der Waals surface area contributed by atoms with E-state index < -0.39 is 135 Å². The normalized spacial score (nSPS) is 42.2. The number of fused-ring (bicyclic) bond motifs is 2. The van der Waals surface area contributed by atoms with Crippen LogP contribution in [0.5, 0.6) is 0 Å². The third-order valence-electron chi connectivity index (χ3n) is 11.7. The van der Waals surface area contributed by atoms with Crippen LogP contribution in [0.2, 0.25) is 0 Å². The molecule has 3 rings (SSSR count). The Kier molecular flexibility index (Phi) is 26.1. The van der Waals surface area contributed by atoms with Gasteiger partial charge in [0.2, 0.25) is 5.91 Å². The summed E-state index contributed by atoms with van der Waals surface area (Å²) in [5.74, 6) is -5.15. The fraction of sp³-hybridized carbons (Fsp3) is 0.667. The summed E-state index contributed by atoms with van der Waals surface area (Å²) in [4.78, 5) is 26.1. The summed E-state index contributed by atoms with van der Waals surface area (Å²) in [6.45, 7) is 3.46. The molecular weight excluding hydrogens is 877 g/mol. The minimum atomic E-state index is -2.27. The van der Waals surface area contributed by atoms with Gasteiger partial charge in [-0.1, -0.05) is 92.0 Å². The summed E-state index contributed by atoms with van der Waals surface area (Å²) in [5.41, 5.74) is 6.00. The summed E-state index contributed by atoms with van der Waals surface area (Å²) >= 11 is 0. The molecule has 0 aliphatic carbocycles. The van der Waals surface area contributed by atoms with Gasteiger partial charge in [0.1, 0.15) is 12.2 Å². The molecule has 3 aliphatic heterocycles. The predicted molar refractivity (Wildman–Crippen MR) is 245 cm³/mol. The lowest BCUT2D eigenvalue weighted by Crippen LogP contribution is -2.59. The number of rotatable bonds is 6. The van der Waals surface area contributed by atoms with Gasteiger partial charge >= 0.3 is 5.97 Å². The van der Waals surface area contributed by atoms with E-state index in [4.69, 9.17) is 29.4 Å². The molecule has 0 aromatic carbocycles. The van der Waals surface area contributed by atoms with E-state index in [2.05, 4.69) is 5.32 Å². The van der Waals surface area contributed by atoms with Crippen LogP contribution < -0.4 is 11.1 Å². The lowest BCUT2D eigenvalue weighted by Gasteiger charge is -2.45. The average molecular weight is 953 g/mol. The number of nitrogens with two attached hydrogens (primary N) is 1. The summed E-state index contributed by atoms with van der Waals surface area (Å²) in [6, 6.07) is -1.11. The standard InChI is InChI=1S/C48H76N2O17/c1-30-16-14-12-10-8-6-4-5-7-9-11-13-15-17-35(66-47-45(60)44(49)40(58)29-64-47)26-41-43(46(61)50-20-21-63-3)39(57)28-48(62,67-41)27-34(53)24-38(56)36(54)19-18-32(51)23-33(52)25-42(59)65-31(2)22-37(30)55/h4-17,30-41,43-45,47,51-58,60,62H,18-29,49H2,1-3H3,(H,50,61)/b5-4+,8-6+,9-7+,12-10+,13-11+,16-14+,17-15+/t30-,31-,32?,33?,34?,35?,36?,37-,38+,39-,40+,41-,43+,44-,45-,47-,48?/m0/s1. The van der Waals surface area contributed by atoms with Crippen LogP contribution in [0.3, 0.4) is 0 Å². The molecule has 0 radical (unpaired) electrons. The molecule has 19 nitrogen and oxygen atoms in total. The van der Waals surface area contributed by atoms with Crippen molar-refractivity contribution in [3.63, 3.8) is 0 Å². The zero-order chi connectivity index (χ0) is 49.5. The molecule has 2 fully saturated rings. The molecule has 380 valence electrons. The fourth-order valence-corrected chi connectivity index (χ4v) is 7.90. The number of allylic oxidation sites excluding steroid dienone is 12. The number of esters is 1. The molecule has 2 saturated heterocycles. The molecule has 67 heavy (non-hydrogen) atoms. The van der Waals surface area contributed by atoms with Crippen molar-refractivity contribution in [2.45, 2.75) is 163 Å². The maximum atomic E-state index is 13.6. The SMILES string of the molecule is COCCNC(=O)[C@H]1[C@@H]2CC(O[C@@H]3OC[C@@H](O)[C@H](N)[C@@H]3O)/C=C/C=C/C=C/C=C/C=C/C=C/C=C/[C@H](C)[C@@H](O)C[C@H](C)OC(=O)CC(O)CC(O)CCC(O)[C@H](O)CC(O)CC(O)(C[C@@H]1O)O2. The number of hydrogen-bond acceptors (Lipinski definition) is 18. The van der Waals surface area contributed by atoms with Gasteiger partial charge in [0.25, 0.3) is 0 Å². The molecule has 1 amide bonds. The van der Waals surface area contributed by atoms with Crippen molar-refractivity contribution < 1.29 is 84.3 Å². The van der Waals surface area contributed by atoms with E-state index in [0.29, 0.717) is 0 Å². The Balaban J connectivity index is 1.89. The second kappa shape index (κ2) is 30.2. The Hall–Kier alpha value is -3.48. The Bertz CT molecular complexity index is 1670. The van der Waals surface area contributed by atoms with Gasteiger partial charge < -0.3 is 85.8 Å². The van der Waals surface area contributed by atoms with Crippen molar-refractivity contribution in [2.75, 3.05) is 26.9 Å². The summed E-state index contributed by atoms with van der Waals surface area (Å²) in [7, 11) is 1.45. The van der Waals surface area contributed by atoms with Gasteiger partial charge in [-0.25, -0.2) is 0 Å². The zero-order valence-corrected chi connectivity index (χ0v) is 38.7. The van der Waals surface area contributed by atoms with Crippen LogP contribution in [0.15, 0.2) is 85.1 Å². The number of hydrogen-bond donors (Lipinski definition) is 12. The van der Waals surface area contributed by atoms with Crippen molar-refractivity contribution in [2.24, 2.45) is 17.6 Å². The smallest absolute Gasteiger partial charge is 0.308 e. The number of amides is 1. The third kappa shape index (κ3) is 21.4. The highest BCUT2D eigenvalue weighted by Crippen LogP contribution is 2.38. The Morgan fingerprint density at radius 1 is 0.731 bits per heavy atom. The minimum Gasteiger partial charge on any atom is -0.462 e. The predicted octanol–water partition coefficient (Wildman–Crippen LogP) is -0.245. The van der Waals surface area contributed by atoms with E-state index in [1.165, 1.54) is 7.11 Å². The molecule has 3 aliphatic rings. The van der Waals surface area contributed by atoms with E-state index in [1.807, 2.05) is 37.3 Å². The minimum absolute atomic E-state index is 0.0898. The van der Waals surface area contributed by atoms with Crippen molar-refractivity contribution in [3.05, 3.63) is 85.1 Å². The van der Waals surface area contributed by atoms with E-state index in [9.17, 15) is 60.7 Å². The van der Waals surface area contributed by atoms with Crippen LogP contribution in [0, 0.1) is 11.8 Å². The van der Waals surface area contributed by atoms with Gasteiger partial charge in [-0.15, -0.1) is 0 Å². The van der Waals surface area contributed by atoms with Crippen LogP contribution in [0.4, 0.5) is 0 Å². The monoisotopic (exact) mass is 953 g/mol. The Morgan fingerprint density at radius 3 is 1.97 bits per heavy atom. The zero-order valence-electron chi connectivity index (χ0n) is 38.7. The Morgan fingerprint density at radius 2 is 1.34 bits per heavy atom. The highest BCUT2D eigenvalue weighted by Gasteiger charge is 2.50. The van der Waals surface area contributed by atoms with E-state index >= 15 is 0 Å². The summed E-state index contributed by atoms with van der Waals surface area (Å²) < 4.78 is 28.3. The number of aliphatic hydroxyl groups excluding tert-OH is 9. The molecule has 0 saturated carbocycles. The number of methoxy groups -OCH3 is 1. The number of ether oxygens (including phenoxy) is 5. The molecule has 0 spiro atoms. The molecule has 6 unspecified atom stereocenters. The van der Waals surface area contributed by atoms with E-state index in [-0.39, 0.29) is 57.8 Å². The lowest BCUT2D eigenvalue weighted by molar-refractivity contribution is -0.304. The molecule has 3 heterocycles. The summed E-state index contributed by atoms with van der Waals surface area (Å²) in [5, 5.41) is 111. The van der Waals surface area contributed by atoms with Gasteiger partial charge in [0.05, 0.1) is 92.6 Å². The van der Waals surface area contributed by atoms with Crippen molar-refractivity contribution >= 4 is 11.9 Å². The quantitative estimate of drug-likeness (QED) is 0.121. The highest BCUT2D eigenvalue weighted by atomic mass is 16.7. The lowest BCUT2D eigenvalue weighted by atomic mass is 9.82. The molecule has 13 N–H and O–H groups in total. The molecule has 2 bridgehead atoms. The molecular formula is C48H76N2O17. The van der Waals surface area contributed by atoms with E-state index in [0.717, 1.165) is 0 Å². The average Bonchev–Trinajstić information content (AvgIpc) is 3.24. The molecule has 17 atom stereocenters. The first kappa shape index (κ1) is 57.8. The first-order chi connectivity index (χ1) is 31.8. The summed E-state index contributed by atoms with van der Waals surface area (Å²) in [6.07, 6.45) is 5.81. The van der Waals surface area contributed by atoms with E-state index in [1.54, 1.807) is 61.6 Å². The number of carbonyl (C=O) groups is 2. The molecule has 19 heteroatoms. The van der Waals surface area contributed by atoms with Gasteiger partial charge in [-0.3, -0.25) is 9.59 Å². The molecule has 0 aromatic heterocycles. The van der Waals surface area contributed by atoms with Crippen LogP contribution in [-0.4, -0.2) is 181 Å². The van der Waals surface area contributed by atoms with Crippen LogP contribution >= 0.6 is 0 Å². The number of nitrogens with one attached hydrogen (secondary N) is 1. The number of aliphatic hydroxyl groups is 10. The number of cyclic esters (lactones) is 1. The van der Waals surface area contributed by atoms with Crippen LogP contribution in [0.1, 0.15) is 71.6 Å². The topological polar surface area (TPSA) is 321 Å². The largest absolute Gasteiger partial charge is 0.462 e. The van der Waals surface area contributed by atoms with Crippen molar-refractivity contribution in [1.82, 2.24) is 5.32 Å². The third-order valence-corrected chi connectivity index (χ3v) is 11.7. The van der Waals surface area contributed by atoms with Gasteiger partial charge in [0, 0.05) is 51.7 Å². The van der Waals surface area contributed by atoms with Crippen LogP contribution in [-0.2, 0) is 33.3 Å². The molecule has 0 aromatic rings. The fourth-order valence-electron chi connectivity index (χ4n) is 7.90. The van der Waals surface area contributed by atoms with Crippen molar-refractivity contribution in [1.29, 1.82) is 0 Å². The highest BCUT2D eigenvalue weighted by molar-refractivity contribution is 5.80. The van der Waals surface area contributed by atoms with Gasteiger partial charge in [-0.2, -0.15) is 0 Å². The first-order valence-electron chi connectivity index (χ1n) is 23.0. The van der Waals surface area contributed by atoms with Crippen molar-refractivity contribution in [3.8, 4) is 0 Å². The van der Waals surface area contributed by atoms with Gasteiger partial charge in [0.15, 0.2) is 12.1 Å². The first-order valence-corrected chi connectivity index (χ1v) is 23.0. The maximum Gasteiger partial charge on any atom is 0.308 e. The van der Waals surface area contributed by atoms with Crippen LogP contribution in [0.25, 0.3) is 0 Å². The Labute approximate surface area is 393 Å². The number of carbonyl (C=O) groups excluding carboxylic acids is 2. The second-order valence-corrected chi connectivity index (χ2v) is 17.6. The van der Waals surface area contributed by atoms with Gasteiger partial charge in [-0.05, 0) is 26.2 Å². The maximum absolute atomic E-state index is 13.6.